The van der Waals surface area contributed by atoms with E-state index >= 15 is 0 Å². The number of carbonyl (C=O) groups excluding carboxylic acids is 1. The highest BCUT2D eigenvalue weighted by atomic mass is 35.5. The normalized spacial score (nSPS) is 10.7. The molecule has 2 aromatic heterocycles. The molecule has 0 fully saturated rings. The Balaban J connectivity index is 1.63. The van der Waals surface area contributed by atoms with E-state index in [0.29, 0.717) is 27.5 Å². The monoisotopic (exact) mass is 348 g/mol. The van der Waals surface area contributed by atoms with Crippen molar-refractivity contribution in [3.63, 3.8) is 0 Å². The maximum Gasteiger partial charge on any atom is 0.234 e. The van der Waals surface area contributed by atoms with Crippen LogP contribution in [0.3, 0.4) is 0 Å². The number of furan rings is 1. The minimum absolute atomic E-state index is 0.161. The van der Waals surface area contributed by atoms with Gasteiger partial charge in [0.05, 0.1) is 22.7 Å². The first-order valence-electron chi connectivity index (χ1n) is 6.75. The van der Waals surface area contributed by atoms with Gasteiger partial charge in [-0.05, 0) is 24.3 Å². The number of nitrogens with one attached hydrogen (secondary N) is 1. The Bertz CT molecular complexity index is 817. The molecule has 0 radical (unpaired) electrons. The summed E-state index contributed by atoms with van der Waals surface area (Å²) in [7, 11) is 1.83. The molecule has 1 aromatic carbocycles. The Hall–Kier alpha value is -2.25. The number of nitrogens with zero attached hydrogens (tertiary/aromatic N) is 3. The minimum atomic E-state index is -0.161. The van der Waals surface area contributed by atoms with E-state index in [1.165, 1.54) is 11.8 Å². The van der Waals surface area contributed by atoms with Crippen LogP contribution in [0.25, 0.3) is 11.6 Å². The summed E-state index contributed by atoms with van der Waals surface area (Å²) in [4.78, 5) is 12.0. The van der Waals surface area contributed by atoms with Crippen LogP contribution in [-0.4, -0.2) is 26.4 Å². The highest BCUT2D eigenvalue weighted by molar-refractivity contribution is 7.99. The second kappa shape index (κ2) is 6.89. The van der Waals surface area contributed by atoms with Crippen molar-refractivity contribution in [1.82, 2.24) is 14.8 Å². The third-order valence-corrected chi connectivity index (χ3v) is 4.41. The van der Waals surface area contributed by atoms with Gasteiger partial charge in [0, 0.05) is 7.05 Å². The minimum Gasteiger partial charge on any atom is -0.461 e. The molecule has 2 heterocycles. The lowest BCUT2D eigenvalue weighted by molar-refractivity contribution is -0.113. The molecule has 8 heteroatoms. The number of hydrogen-bond acceptors (Lipinski definition) is 5. The largest absolute Gasteiger partial charge is 0.461 e. The van der Waals surface area contributed by atoms with Gasteiger partial charge in [-0.15, -0.1) is 10.2 Å². The van der Waals surface area contributed by atoms with E-state index in [4.69, 9.17) is 16.0 Å². The summed E-state index contributed by atoms with van der Waals surface area (Å²) in [6.07, 6.45) is 1.58. The number of benzene rings is 1. The highest BCUT2D eigenvalue weighted by Gasteiger charge is 2.14. The van der Waals surface area contributed by atoms with E-state index in [0.717, 1.165) is 0 Å². The second-order valence-corrected chi connectivity index (χ2v) is 6.01. The number of aromatic nitrogens is 3. The summed E-state index contributed by atoms with van der Waals surface area (Å²) >= 11 is 7.30. The average Bonchev–Trinajstić information content (AvgIpc) is 3.17. The van der Waals surface area contributed by atoms with E-state index in [9.17, 15) is 4.79 Å². The molecule has 0 saturated carbocycles. The fraction of sp³-hybridized carbons (Fsp3) is 0.133. The first-order valence-corrected chi connectivity index (χ1v) is 8.12. The quantitative estimate of drug-likeness (QED) is 0.715. The lowest BCUT2D eigenvalue weighted by Crippen LogP contribution is -2.14. The third-order valence-electron chi connectivity index (χ3n) is 3.06. The number of halogens is 1. The van der Waals surface area contributed by atoms with Crippen molar-refractivity contribution in [2.24, 2.45) is 7.05 Å². The zero-order valence-electron chi connectivity index (χ0n) is 12.2. The van der Waals surface area contributed by atoms with Gasteiger partial charge in [0.25, 0.3) is 0 Å². The van der Waals surface area contributed by atoms with Gasteiger partial charge in [0.2, 0.25) is 5.91 Å². The topological polar surface area (TPSA) is 73.0 Å². The Kier molecular flexibility index (Phi) is 4.68. The first kappa shape index (κ1) is 15.6. The Morgan fingerprint density at radius 2 is 2.13 bits per heavy atom. The van der Waals surface area contributed by atoms with E-state index in [1.807, 2.05) is 25.2 Å². The van der Waals surface area contributed by atoms with Crippen LogP contribution in [-0.2, 0) is 11.8 Å². The standard InChI is InChI=1S/C15H13ClN4O2S/c1-20-14(12-7-4-8-22-12)18-19-15(20)23-9-13(21)17-11-6-3-2-5-10(11)16/h2-8H,9H2,1H3,(H,17,21). The molecule has 1 N–H and O–H groups in total. The summed E-state index contributed by atoms with van der Waals surface area (Å²) in [5.74, 6) is 1.29. The van der Waals surface area contributed by atoms with Crippen molar-refractivity contribution < 1.29 is 9.21 Å². The summed E-state index contributed by atoms with van der Waals surface area (Å²) in [5.41, 5.74) is 0.592. The van der Waals surface area contributed by atoms with Gasteiger partial charge in [-0.1, -0.05) is 35.5 Å². The molecule has 23 heavy (non-hydrogen) atoms. The summed E-state index contributed by atoms with van der Waals surface area (Å²) in [6.45, 7) is 0. The molecule has 1 amide bonds. The van der Waals surface area contributed by atoms with Gasteiger partial charge < -0.3 is 14.3 Å². The zero-order chi connectivity index (χ0) is 16.2. The molecule has 0 bridgehead atoms. The van der Waals surface area contributed by atoms with Gasteiger partial charge in [-0.3, -0.25) is 4.79 Å². The molecule has 0 aliphatic heterocycles. The molecule has 6 nitrogen and oxygen atoms in total. The number of hydrogen-bond donors (Lipinski definition) is 1. The van der Waals surface area contributed by atoms with Gasteiger partial charge in [0.15, 0.2) is 16.7 Å². The number of thioether (sulfide) groups is 1. The first-order chi connectivity index (χ1) is 11.1. The number of carbonyl (C=O) groups is 1. The number of anilines is 1. The lowest BCUT2D eigenvalue weighted by atomic mass is 10.3. The van der Waals surface area contributed by atoms with Crippen molar-refractivity contribution in [2.45, 2.75) is 5.16 Å². The number of rotatable bonds is 5. The molecule has 0 unspecified atom stereocenters. The van der Waals surface area contributed by atoms with E-state index in [-0.39, 0.29) is 11.7 Å². The van der Waals surface area contributed by atoms with Gasteiger partial charge >= 0.3 is 0 Å². The predicted octanol–water partition coefficient (Wildman–Crippen LogP) is 3.46. The van der Waals surface area contributed by atoms with Crippen LogP contribution in [0.2, 0.25) is 5.02 Å². The molecule has 0 aliphatic rings. The molecule has 0 saturated heterocycles. The SMILES string of the molecule is Cn1c(SCC(=O)Nc2ccccc2Cl)nnc1-c1ccco1. The van der Waals surface area contributed by atoms with Crippen molar-refractivity contribution in [2.75, 3.05) is 11.1 Å². The van der Waals surface area contributed by atoms with Crippen LogP contribution in [0.1, 0.15) is 0 Å². The van der Waals surface area contributed by atoms with E-state index in [2.05, 4.69) is 15.5 Å². The molecule has 0 aliphatic carbocycles. The van der Waals surface area contributed by atoms with Crippen LogP contribution >= 0.6 is 23.4 Å². The van der Waals surface area contributed by atoms with Crippen LogP contribution in [0.5, 0.6) is 0 Å². The lowest BCUT2D eigenvalue weighted by Gasteiger charge is -2.06. The zero-order valence-corrected chi connectivity index (χ0v) is 13.8. The van der Waals surface area contributed by atoms with Gasteiger partial charge in [-0.2, -0.15) is 0 Å². The van der Waals surface area contributed by atoms with Crippen molar-refractivity contribution in [3.8, 4) is 11.6 Å². The van der Waals surface area contributed by atoms with Crippen LogP contribution in [0.15, 0.2) is 52.2 Å². The predicted molar refractivity (Wildman–Crippen MR) is 89.5 cm³/mol. The third kappa shape index (κ3) is 3.57. The molecular formula is C15H13ClN4O2S. The Morgan fingerprint density at radius 3 is 2.87 bits per heavy atom. The number of amides is 1. The van der Waals surface area contributed by atoms with E-state index in [1.54, 1.807) is 29.0 Å². The number of para-hydroxylation sites is 1. The van der Waals surface area contributed by atoms with Crippen molar-refractivity contribution in [3.05, 3.63) is 47.7 Å². The molecule has 0 atom stereocenters. The van der Waals surface area contributed by atoms with Crippen LogP contribution < -0.4 is 5.32 Å². The van der Waals surface area contributed by atoms with Crippen molar-refractivity contribution in [1.29, 1.82) is 0 Å². The van der Waals surface area contributed by atoms with Crippen LogP contribution in [0.4, 0.5) is 5.69 Å². The van der Waals surface area contributed by atoms with Crippen molar-refractivity contribution >= 4 is 35.0 Å². The Morgan fingerprint density at radius 1 is 1.30 bits per heavy atom. The molecule has 3 rings (SSSR count). The summed E-state index contributed by atoms with van der Waals surface area (Å²) < 4.78 is 7.09. The summed E-state index contributed by atoms with van der Waals surface area (Å²) in [5, 5.41) is 12.1. The van der Waals surface area contributed by atoms with Crippen LogP contribution in [0, 0.1) is 0 Å². The molecule has 118 valence electrons. The Labute approximate surface area is 141 Å². The smallest absolute Gasteiger partial charge is 0.234 e. The fourth-order valence-electron chi connectivity index (χ4n) is 1.94. The average molecular weight is 349 g/mol. The second-order valence-electron chi connectivity index (χ2n) is 4.66. The summed E-state index contributed by atoms with van der Waals surface area (Å²) in [6, 6.07) is 10.7. The van der Waals surface area contributed by atoms with E-state index < -0.39 is 0 Å². The maximum atomic E-state index is 12.0. The molecule has 3 aromatic rings. The van der Waals surface area contributed by atoms with Gasteiger partial charge in [-0.25, -0.2) is 0 Å². The maximum absolute atomic E-state index is 12.0. The molecule has 0 spiro atoms. The van der Waals surface area contributed by atoms with Gasteiger partial charge in [0.1, 0.15) is 0 Å². The molecular weight excluding hydrogens is 336 g/mol. The highest BCUT2D eigenvalue weighted by Crippen LogP contribution is 2.24. The fourth-order valence-corrected chi connectivity index (χ4v) is 2.83.